The molecule has 8 heteroatoms. The number of alkyl halides is 3. The second-order valence-corrected chi connectivity index (χ2v) is 5.74. The summed E-state index contributed by atoms with van der Waals surface area (Å²) in [6.45, 7) is 4.05. The van der Waals surface area contributed by atoms with Crippen molar-refractivity contribution in [2.75, 3.05) is 13.2 Å². The zero-order valence-corrected chi connectivity index (χ0v) is 14.3. The molecule has 0 amide bonds. The van der Waals surface area contributed by atoms with Crippen molar-refractivity contribution in [1.29, 1.82) is 0 Å². The molecule has 140 valence electrons. The SMILES string of the molecule is Cc1cc([N+](=O)[O-])cc(C)c1OCCCOc1ccc(C(F)(F)F)cc1. The predicted molar refractivity (Wildman–Crippen MR) is 89.6 cm³/mol. The lowest BCUT2D eigenvalue weighted by molar-refractivity contribution is -0.385. The topological polar surface area (TPSA) is 61.6 Å². The van der Waals surface area contributed by atoms with Gasteiger partial charge < -0.3 is 9.47 Å². The number of rotatable bonds is 7. The minimum absolute atomic E-state index is 0.0120. The molecule has 0 heterocycles. The highest BCUT2D eigenvalue weighted by Gasteiger charge is 2.29. The molecule has 0 fully saturated rings. The number of non-ortho nitro benzene ring substituents is 1. The Hall–Kier alpha value is -2.77. The third-order valence-corrected chi connectivity index (χ3v) is 3.64. The summed E-state index contributed by atoms with van der Waals surface area (Å²) in [6.07, 6.45) is -3.86. The van der Waals surface area contributed by atoms with E-state index in [1.807, 2.05) is 0 Å². The van der Waals surface area contributed by atoms with Crippen LogP contribution >= 0.6 is 0 Å². The first-order valence-electron chi connectivity index (χ1n) is 7.87. The fraction of sp³-hybridized carbons (Fsp3) is 0.333. The summed E-state index contributed by atoms with van der Waals surface area (Å²) in [5.74, 6) is 0.936. The summed E-state index contributed by atoms with van der Waals surface area (Å²) >= 11 is 0. The average Bonchev–Trinajstić information content (AvgIpc) is 2.56. The normalized spacial score (nSPS) is 11.3. The lowest BCUT2D eigenvalue weighted by Gasteiger charge is -2.13. The molecule has 0 spiro atoms. The summed E-state index contributed by atoms with van der Waals surface area (Å²) in [7, 11) is 0. The number of aryl methyl sites for hydroxylation is 2. The number of halogens is 3. The van der Waals surface area contributed by atoms with E-state index in [1.165, 1.54) is 24.3 Å². The fourth-order valence-corrected chi connectivity index (χ4v) is 2.42. The van der Waals surface area contributed by atoms with Gasteiger partial charge in [0.1, 0.15) is 11.5 Å². The van der Waals surface area contributed by atoms with E-state index in [-0.39, 0.29) is 12.3 Å². The van der Waals surface area contributed by atoms with Gasteiger partial charge in [-0.05, 0) is 49.2 Å². The third kappa shape index (κ3) is 5.11. The van der Waals surface area contributed by atoms with Crippen LogP contribution in [0, 0.1) is 24.0 Å². The molecule has 0 aromatic heterocycles. The third-order valence-electron chi connectivity index (χ3n) is 3.64. The van der Waals surface area contributed by atoms with E-state index in [0.29, 0.717) is 35.7 Å². The van der Waals surface area contributed by atoms with Gasteiger partial charge in [-0.15, -0.1) is 0 Å². The van der Waals surface area contributed by atoms with Crippen molar-refractivity contribution >= 4 is 5.69 Å². The Morgan fingerprint density at radius 1 is 1.00 bits per heavy atom. The lowest BCUT2D eigenvalue weighted by Crippen LogP contribution is -2.07. The van der Waals surface area contributed by atoms with Crippen molar-refractivity contribution in [1.82, 2.24) is 0 Å². The maximum absolute atomic E-state index is 12.5. The van der Waals surface area contributed by atoms with Crippen molar-refractivity contribution in [3.63, 3.8) is 0 Å². The molecule has 0 aliphatic carbocycles. The number of hydrogen-bond donors (Lipinski definition) is 0. The first-order valence-corrected chi connectivity index (χ1v) is 7.87. The van der Waals surface area contributed by atoms with Crippen molar-refractivity contribution in [2.24, 2.45) is 0 Å². The zero-order valence-electron chi connectivity index (χ0n) is 14.3. The summed E-state index contributed by atoms with van der Waals surface area (Å²) in [5.41, 5.74) is 0.621. The number of nitro benzene ring substituents is 1. The number of nitro groups is 1. The van der Waals surface area contributed by atoms with E-state index in [0.717, 1.165) is 12.1 Å². The Labute approximate surface area is 148 Å². The van der Waals surface area contributed by atoms with Crippen molar-refractivity contribution in [2.45, 2.75) is 26.4 Å². The summed E-state index contributed by atoms with van der Waals surface area (Å²) in [5, 5.41) is 10.8. The first-order chi connectivity index (χ1) is 12.2. The molecule has 0 N–H and O–H groups in total. The summed E-state index contributed by atoms with van der Waals surface area (Å²) in [4.78, 5) is 10.4. The van der Waals surface area contributed by atoms with Gasteiger partial charge in [0.05, 0.1) is 23.7 Å². The number of ether oxygens (including phenoxy) is 2. The van der Waals surface area contributed by atoms with Crippen LogP contribution in [0.4, 0.5) is 18.9 Å². The molecule has 0 unspecified atom stereocenters. The van der Waals surface area contributed by atoms with Crippen LogP contribution in [0.5, 0.6) is 11.5 Å². The van der Waals surface area contributed by atoms with Crippen LogP contribution in [-0.2, 0) is 6.18 Å². The van der Waals surface area contributed by atoms with Gasteiger partial charge in [-0.1, -0.05) is 0 Å². The molecular formula is C18H18F3NO4. The van der Waals surface area contributed by atoms with E-state index in [9.17, 15) is 23.3 Å². The van der Waals surface area contributed by atoms with Crippen LogP contribution < -0.4 is 9.47 Å². The van der Waals surface area contributed by atoms with Crippen LogP contribution in [0.1, 0.15) is 23.1 Å². The van der Waals surface area contributed by atoms with Gasteiger partial charge in [-0.2, -0.15) is 13.2 Å². The van der Waals surface area contributed by atoms with Crippen molar-refractivity contribution in [3.8, 4) is 11.5 Å². The van der Waals surface area contributed by atoms with Crippen LogP contribution in [0.15, 0.2) is 36.4 Å². The fourth-order valence-electron chi connectivity index (χ4n) is 2.42. The quantitative estimate of drug-likeness (QED) is 0.388. The average molecular weight is 369 g/mol. The van der Waals surface area contributed by atoms with Crippen LogP contribution in [-0.4, -0.2) is 18.1 Å². The number of hydrogen-bond acceptors (Lipinski definition) is 4. The van der Waals surface area contributed by atoms with Gasteiger partial charge in [-0.25, -0.2) is 0 Å². The first kappa shape index (κ1) is 19.6. The molecule has 5 nitrogen and oxygen atoms in total. The highest BCUT2D eigenvalue weighted by atomic mass is 19.4. The highest BCUT2D eigenvalue weighted by Crippen LogP contribution is 2.30. The van der Waals surface area contributed by atoms with E-state index < -0.39 is 16.7 Å². The summed E-state index contributed by atoms with van der Waals surface area (Å²) < 4.78 is 48.5. The molecule has 0 saturated heterocycles. The van der Waals surface area contributed by atoms with E-state index >= 15 is 0 Å². The Bertz CT molecular complexity index is 750. The second kappa shape index (κ2) is 8.07. The van der Waals surface area contributed by atoms with Crippen LogP contribution in [0.25, 0.3) is 0 Å². The summed E-state index contributed by atoms with van der Waals surface area (Å²) in [6, 6.07) is 7.37. The molecule has 0 aliphatic rings. The minimum atomic E-state index is -4.37. The van der Waals surface area contributed by atoms with Gasteiger partial charge >= 0.3 is 6.18 Å². The van der Waals surface area contributed by atoms with Gasteiger partial charge in [0.15, 0.2) is 0 Å². The Kier molecular flexibility index (Phi) is 6.07. The van der Waals surface area contributed by atoms with E-state index in [1.54, 1.807) is 13.8 Å². The molecule has 26 heavy (non-hydrogen) atoms. The zero-order chi connectivity index (χ0) is 19.3. The predicted octanol–water partition coefficient (Wildman–Crippen LogP) is 5.08. The van der Waals surface area contributed by atoms with Gasteiger partial charge in [0.25, 0.3) is 5.69 Å². The molecule has 0 radical (unpaired) electrons. The maximum Gasteiger partial charge on any atom is 0.416 e. The van der Waals surface area contributed by atoms with Gasteiger partial charge in [0.2, 0.25) is 0 Å². The van der Waals surface area contributed by atoms with Crippen molar-refractivity contribution in [3.05, 3.63) is 63.2 Å². The van der Waals surface area contributed by atoms with Crippen LogP contribution in [0.2, 0.25) is 0 Å². The number of benzene rings is 2. The molecule has 2 rings (SSSR count). The molecule has 0 aliphatic heterocycles. The van der Waals surface area contributed by atoms with Crippen molar-refractivity contribution < 1.29 is 27.6 Å². The Morgan fingerprint density at radius 3 is 2.04 bits per heavy atom. The number of nitrogens with zero attached hydrogens (tertiary/aromatic N) is 1. The second-order valence-electron chi connectivity index (χ2n) is 5.74. The molecule has 0 saturated carbocycles. The monoisotopic (exact) mass is 369 g/mol. The standard InChI is InChI=1S/C18H18F3NO4/c1-12-10-15(22(23)24)11-13(2)17(12)26-9-3-8-25-16-6-4-14(5-7-16)18(19,20)21/h4-7,10-11H,3,8-9H2,1-2H3. The molecule has 0 atom stereocenters. The van der Waals surface area contributed by atoms with E-state index in [4.69, 9.17) is 9.47 Å². The van der Waals surface area contributed by atoms with Gasteiger partial charge in [0, 0.05) is 18.6 Å². The Morgan fingerprint density at radius 2 is 1.54 bits per heavy atom. The molecule has 0 bridgehead atoms. The lowest BCUT2D eigenvalue weighted by atomic mass is 10.1. The van der Waals surface area contributed by atoms with Crippen LogP contribution in [0.3, 0.4) is 0 Å². The molecule has 2 aromatic rings. The maximum atomic E-state index is 12.5. The van der Waals surface area contributed by atoms with Gasteiger partial charge in [-0.3, -0.25) is 10.1 Å². The Balaban J connectivity index is 1.82. The smallest absolute Gasteiger partial charge is 0.416 e. The largest absolute Gasteiger partial charge is 0.493 e. The minimum Gasteiger partial charge on any atom is -0.493 e. The molecule has 2 aromatic carbocycles. The highest BCUT2D eigenvalue weighted by molar-refractivity contribution is 5.48. The van der Waals surface area contributed by atoms with E-state index in [2.05, 4.69) is 0 Å². The molecular weight excluding hydrogens is 351 g/mol.